The van der Waals surface area contributed by atoms with Crippen molar-refractivity contribution in [3.8, 4) is 0 Å². The molecule has 4 heteroatoms. The molecule has 4 nitrogen and oxygen atoms in total. The molecule has 0 spiro atoms. The van der Waals surface area contributed by atoms with Gasteiger partial charge in [0.2, 0.25) is 0 Å². The van der Waals surface area contributed by atoms with Crippen molar-refractivity contribution in [1.29, 1.82) is 0 Å². The molecule has 0 bridgehead atoms. The highest BCUT2D eigenvalue weighted by Gasteiger charge is 2.05. The summed E-state index contributed by atoms with van der Waals surface area (Å²) >= 11 is 0. The minimum atomic E-state index is 0.786. The fraction of sp³-hybridized carbons (Fsp3) is 0.231. The number of pyridine rings is 2. The second kappa shape index (κ2) is 5.30. The number of hydrogen-bond acceptors (Lipinski definition) is 4. The molecule has 2 N–H and O–H groups in total. The molecule has 0 aromatic carbocycles. The summed E-state index contributed by atoms with van der Waals surface area (Å²) in [6.07, 6.45) is 2.60. The summed E-state index contributed by atoms with van der Waals surface area (Å²) in [6, 6.07) is 9.98. The molecular weight excluding hydrogens is 212 g/mol. The molecule has 0 aliphatic rings. The molecule has 0 aliphatic carbocycles. The van der Waals surface area contributed by atoms with Crippen LogP contribution in [0.1, 0.15) is 11.3 Å². The highest BCUT2D eigenvalue weighted by molar-refractivity contribution is 5.51. The Balaban J connectivity index is 2.26. The average Bonchev–Trinajstić information content (AvgIpc) is 2.40. The Morgan fingerprint density at radius 2 is 1.94 bits per heavy atom. The van der Waals surface area contributed by atoms with Crippen LogP contribution in [-0.2, 0) is 6.42 Å². The van der Waals surface area contributed by atoms with Crippen molar-refractivity contribution in [1.82, 2.24) is 9.97 Å². The van der Waals surface area contributed by atoms with Gasteiger partial charge in [-0.3, -0.25) is 4.98 Å². The smallest absolute Gasteiger partial charge is 0.131 e. The van der Waals surface area contributed by atoms with Gasteiger partial charge < -0.3 is 10.6 Å². The van der Waals surface area contributed by atoms with Gasteiger partial charge in [-0.2, -0.15) is 0 Å². The molecule has 0 radical (unpaired) electrons. The van der Waals surface area contributed by atoms with Crippen molar-refractivity contribution >= 4 is 11.6 Å². The van der Waals surface area contributed by atoms with Gasteiger partial charge in [0, 0.05) is 38.0 Å². The lowest BCUT2D eigenvalue weighted by atomic mass is 10.1. The van der Waals surface area contributed by atoms with E-state index in [9.17, 15) is 0 Å². The van der Waals surface area contributed by atoms with Gasteiger partial charge in [0.1, 0.15) is 11.6 Å². The van der Waals surface area contributed by atoms with E-state index >= 15 is 0 Å². The van der Waals surface area contributed by atoms with E-state index in [1.165, 1.54) is 0 Å². The van der Waals surface area contributed by atoms with E-state index in [2.05, 4.69) is 26.7 Å². The molecule has 2 aromatic rings. The fourth-order valence-electron chi connectivity index (χ4n) is 1.68. The maximum Gasteiger partial charge on any atom is 0.131 e. The number of aromatic nitrogens is 2. The summed E-state index contributed by atoms with van der Waals surface area (Å²) in [5.41, 5.74) is 2.19. The Morgan fingerprint density at radius 3 is 2.59 bits per heavy atom. The minimum Gasteiger partial charge on any atom is -0.373 e. The number of hydrogen-bond donors (Lipinski definition) is 2. The molecule has 0 fully saturated rings. The highest BCUT2D eigenvalue weighted by atomic mass is 15.0. The Morgan fingerprint density at radius 1 is 1.06 bits per heavy atom. The molecule has 0 amide bonds. The monoisotopic (exact) mass is 228 g/mol. The molecule has 0 saturated carbocycles. The third kappa shape index (κ3) is 2.72. The maximum absolute atomic E-state index is 4.46. The van der Waals surface area contributed by atoms with Crippen molar-refractivity contribution in [3.63, 3.8) is 0 Å². The van der Waals surface area contributed by atoms with Crippen molar-refractivity contribution in [2.75, 3.05) is 24.7 Å². The standard InChI is InChI=1S/C13H16N4/c1-14-12-7-6-10(13(15-2)17-12)9-11-5-3-4-8-16-11/h3-8H,9H2,1-2H3,(H2,14,15,17). The maximum atomic E-state index is 4.46. The van der Waals surface area contributed by atoms with Crippen molar-refractivity contribution in [3.05, 3.63) is 47.8 Å². The van der Waals surface area contributed by atoms with Gasteiger partial charge in [-0.25, -0.2) is 4.98 Å². The summed E-state index contributed by atoms with van der Waals surface area (Å²) in [5, 5.41) is 6.14. The number of rotatable bonds is 4. The molecule has 88 valence electrons. The first-order valence-electron chi connectivity index (χ1n) is 5.59. The summed E-state index contributed by atoms with van der Waals surface area (Å²) in [4.78, 5) is 8.78. The van der Waals surface area contributed by atoms with Gasteiger partial charge in [0.25, 0.3) is 0 Å². The predicted octanol–water partition coefficient (Wildman–Crippen LogP) is 2.15. The van der Waals surface area contributed by atoms with Gasteiger partial charge in [-0.1, -0.05) is 12.1 Å². The van der Waals surface area contributed by atoms with E-state index in [0.717, 1.165) is 29.3 Å². The van der Waals surface area contributed by atoms with Crippen LogP contribution in [0, 0.1) is 0 Å². The Kier molecular flexibility index (Phi) is 3.55. The average molecular weight is 228 g/mol. The second-order valence-corrected chi connectivity index (χ2v) is 3.70. The SMILES string of the molecule is CNc1ccc(Cc2ccccn2)c(NC)n1. The van der Waals surface area contributed by atoms with Gasteiger partial charge in [0.05, 0.1) is 0 Å². The topological polar surface area (TPSA) is 49.8 Å². The quantitative estimate of drug-likeness (QED) is 0.842. The summed E-state index contributed by atoms with van der Waals surface area (Å²) in [7, 11) is 3.74. The van der Waals surface area contributed by atoms with Crippen LogP contribution in [0.15, 0.2) is 36.5 Å². The normalized spacial score (nSPS) is 10.0. The molecule has 0 atom stereocenters. The first kappa shape index (κ1) is 11.4. The van der Waals surface area contributed by atoms with E-state index in [1.807, 2.05) is 44.6 Å². The van der Waals surface area contributed by atoms with Crippen LogP contribution in [0.25, 0.3) is 0 Å². The Hall–Kier alpha value is -2.10. The zero-order chi connectivity index (χ0) is 12.1. The zero-order valence-corrected chi connectivity index (χ0v) is 10.1. The molecule has 0 aliphatic heterocycles. The molecular formula is C13H16N4. The van der Waals surface area contributed by atoms with E-state index in [4.69, 9.17) is 0 Å². The fourth-order valence-corrected chi connectivity index (χ4v) is 1.68. The summed E-state index contributed by atoms with van der Waals surface area (Å²) < 4.78 is 0. The van der Waals surface area contributed by atoms with Crippen LogP contribution in [0.5, 0.6) is 0 Å². The highest BCUT2D eigenvalue weighted by Crippen LogP contribution is 2.18. The van der Waals surface area contributed by atoms with E-state index < -0.39 is 0 Å². The van der Waals surface area contributed by atoms with Crippen LogP contribution in [0.4, 0.5) is 11.6 Å². The van der Waals surface area contributed by atoms with Gasteiger partial charge in [0.15, 0.2) is 0 Å². The lowest BCUT2D eigenvalue weighted by Crippen LogP contribution is -2.03. The number of anilines is 2. The van der Waals surface area contributed by atoms with Gasteiger partial charge >= 0.3 is 0 Å². The number of nitrogens with zero attached hydrogens (tertiary/aromatic N) is 2. The minimum absolute atomic E-state index is 0.786. The zero-order valence-electron chi connectivity index (χ0n) is 10.1. The van der Waals surface area contributed by atoms with E-state index in [-0.39, 0.29) is 0 Å². The molecule has 0 unspecified atom stereocenters. The Bertz CT molecular complexity index is 482. The summed E-state index contributed by atoms with van der Waals surface area (Å²) in [6.45, 7) is 0. The molecule has 0 saturated heterocycles. The van der Waals surface area contributed by atoms with Crippen molar-refractivity contribution < 1.29 is 0 Å². The van der Waals surface area contributed by atoms with Crippen molar-refractivity contribution in [2.45, 2.75) is 6.42 Å². The van der Waals surface area contributed by atoms with E-state index in [1.54, 1.807) is 0 Å². The van der Waals surface area contributed by atoms with Crippen LogP contribution >= 0.6 is 0 Å². The molecule has 17 heavy (non-hydrogen) atoms. The van der Waals surface area contributed by atoms with Crippen LogP contribution in [0.2, 0.25) is 0 Å². The molecule has 2 rings (SSSR count). The third-order valence-corrected chi connectivity index (χ3v) is 2.57. The van der Waals surface area contributed by atoms with Crippen molar-refractivity contribution in [2.24, 2.45) is 0 Å². The first-order chi connectivity index (χ1) is 8.33. The third-order valence-electron chi connectivity index (χ3n) is 2.57. The lowest BCUT2D eigenvalue weighted by molar-refractivity contribution is 1.06. The lowest BCUT2D eigenvalue weighted by Gasteiger charge is -2.09. The first-order valence-corrected chi connectivity index (χ1v) is 5.59. The molecule has 2 heterocycles. The Labute approximate surface area is 101 Å². The summed E-state index contributed by atoms with van der Waals surface area (Å²) in [5.74, 6) is 1.75. The van der Waals surface area contributed by atoms with Crippen LogP contribution in [0.3, 0.4) is 0 Å². The van der Waals surface area contributed by atoms with Crippen LogP contribution < -0.4 is 10.6 Å². The van der Waals surface area contributed by atoms with Gasteiger partial charge in [-0.05, 0) is 18.2 Å². The predicted molar refractivity (Wildman–Crippen MR) is 70.4 cm³/mol. The molecule has 2 aromatic heterocycles. The van der Waals surface area contributed by atoms with Crippen LogP contribution in [-0.4, -0.2) is 24.1 Å². The number of nitrogens with one attached hydrogen (secondary N) is 2. The van der Waals surface area contributed by atoms with E-state index in [0.29, 0.717) is 0 Å². The largest absolute Gasteiger partial charge is 0.373 e. The van der Waals surface area contributed by atoms with Gasteiger partial charge in [-0.15, -0.1) is 0 Å². The second-order valence-electron chi connectivity index (χ2n) is 3.70.